The van der Waals surface area contributed by atoms with E-state index in [1.807, 2.05) is 32.0 Å². The van der Waals surface area contributed by atoms with E-state index in [4.69, 9.17) is 9.84 Å². The first-order valence-electron chi connectivity index (χ1n) is 7.61. The summed E-state index contributed by atoms with van der Waals surface area (Å²) < 4.78 is 5.22. The lowest BCUT2D eigenvalue weighted by Crippen LogP contribution is -2.42. The minimum absolute atomic E-state index is 0.113. The fraction of sp³-hybridized carbons (Fsp3) is 0.412. The molecule has 0 bridgehead atoms. The topological polar surface area (TPSA) is 82.6 Å². The van der Waals surface area contributed by atoms with Gasteiger partial charge in [-0.25, -0.2) is 0 Å². The fourth-order valence-electron chi connectivity index (χ4n) is 2.55. The number of methoxy groups -OCH3 is 1. The molecule has 0 aliphatic carbocycles. The summed E-state index contributed by atoms with van der Waals surface area (Å²) in [6.07, 6.45) is 2.66. The molecule has 6 heteroatoms. The summed E-state index contributed by atoms with van der Waals surface area (Å²) in [4.78, 5) is 28.1. The molecule has 1 atom stereocenters. The van der Waals surface area contributed by atoms with Crippen molar-refractivity contribution in [1.82, 2.24) is 9.88 Å². The number of nitrogens with zero attached hydrogens (tertiary/aromatic N) is 1. The second kappa shape index (κ2) is 7.17. The number of aromatic amines is 1. The largest absolute Gasteiger partial charge is 0.497 e. The van der Waals surface area contributed by atoms with Gasteiger partial charge in [0.05, 0.1) is 13.5 Å². The zero-order valence-corrected chi connectivity index (χ0v) is 13.6. The standard InChI is InChI=1S/C17H22N2O4/c1-4-11(2)19(10-17(21)22)16(20)7-12-9-18-15-6-5-13(23-3)8-14(12)15/h5-6,8-9,11,18H,4,7,10H2,1-3H3,(H,21,22). The molecule has 0 radical (unpaired) electrons. The van der Waals surface area contributed by atoms with Crippen LogP contribution in [0.4, 0.5) is 0 Å². The van der Waals surface area contributed by atoms with Gasteiger partial charge in [0.15, 0.2) is 0 Å². The van der Waals surface area contributed by atoms with E-state index in [9.17, 15) is 9.59 Å². The molecule has 2 aromatic rings. The number of aliphatic carboxylic acids is 1. The number of rotatable bonds is 7. The van der Waals surface area contributed by atoms with Gasteiger partial charge in [-0.3, -0.25) is 9.59 Å². The minimum Gasteiger partial charge on any atom is -0.497 e. The Morgan fingerprint density at radius 2 is 2.13 bits per heavy atom. The average molecular weight is 318 g/mol. The van der Waals surface area contributed by atoms with Crippen molar-refractivity contribution in [1.29, 1.82) is 0 Å². The summed E-state index contributed by atoms with van der Waals surface area (Å²) in [5.41, 5.74) is 1.75. The van der Waals surface area contributed by atoms with Crippen molar-refractivity contribution in [2.45, 2.75) is 32.7 Å². The highest BCUT2D eigenvalue weighted by Gasteiger charge is 2.22. The summed E-state index contributed by atoms with van der Waals surface area (Å²) in [5.74, 6) is -0.472. The highest BCUT2D eigenvalue weighted by molar-refractivity contribution is 5.90. The number of carboxylic acid groups (broad SMARTS) is 1. The summed E-state index contributed by atoms with van der Waals surface area (Å²) in [7, 11) is 1.59. The maximum absolute atomic E-state index is 12.6. The fourth-order valence-corrected chi connectivity index (χ4v) is 2.55. The maximum Gasteiger partial charge on any atom is 0.323 e. The first kappa shape index (κ1) is 16.9. The minimum atomic E-state index is -1.00. The van der Waals surface area contributed by atoms with Gasteiger partial charge in [0.2, 0.25) is 5.91 Å². The number of fused-ring (bicyclic) bond motifs is 1. The molecule has 0 aliphatic heterocycles. The molecule has 6 nitrogen and oxygen atoms in total. The predicted molar refractivity (Wildman–Crippen MR) is 87.7 cm³/mol. The van der Waals surface area contributed by atoms with Crippen LogP contribution < -0.4 is 4.74 Å². The molecule has 1 unspecified atom stereocenters. The Balaban J connectivity index is 2.25. The highest BCUT2D eigenvalue weighted by Crippen LogP contribution is 2.24. The molecule has 1 aromatic heterocycles. The van der Waals surface area contributed by atoms with Crippen molar-refractivity contribution >= 4 is 22.8 Å². The van der Waals surface area contributed by atoms with Crippen LogP contribution in [0, 0.1) is 0 Å². The summed E-state index contributed by atoms with van der Waals surface area (Å²) in [6, 6.07) is 5.50. The van der Waals surface area contributed by atoms with Crippen molar-refractivity contribution in [2.75, 3.05) is 13.7 Å². The lowest BCUT2D eigenvalue weighted by Gasteiger charge is -2.27. The number of benzene rings is 1. The molecule has 2 rings (SSSR count). The maximum atomic E-state index is 12.6. The van der Waals surface area contributed by atoms with Gasteiger partial charge in [-0.1, -0.05) is 6.92 Å². The molecule has 1 aromatic carbocycles. The third-order valence-electron chi connectivity index (χ3n) is 4.07. The van der Waals surface area contributed by atoms with Crippen molar-refractivity contribution in [2.24, 2.45) is 0 Å². The molecular formula is C17H22N2O4. The number of ether oxygens (including phenoxy) is 1. The SMILES string of the molecule is CCC(C)N(CC(=O)O)C(=O)Cc1c[nH]c2ccc(OC)cc12. The molecule has 0 saturated heterocycles. The van der Waals surface area contributed by atoms with Gasteiger partial charge < -0.3 is 19.7 Å². The molecule has 1 amide bonds. The normalized spacial score (nSPS) is 12.1. The smallest absolute Gasteiger partial charge is 0.323 e. The van der Waals surface area contributed by atoms with E-state index in [-0.39, 0.29) is 24.9 Å². The molecule has 0 fully saturated rings. The third-order valence-corrected chi connectivity index (χ3v) is 4.07. The highest BCUT2D eigenvalue weighted by atomic mass is 16.5. The number of carbonyl (C=O) groups excluding carboxylic acids is 1. The van der Waals surface area contributed by atoms with Gasteiger partial charge >= 0.3 is 5.97 Å². The van der Waals surface area contributed by atoms with Crippen LogP contribution in [0.3, 0.4) is 0 Å². The number of H-pyrrole nitrogens is 1. The van der Waals surface area contributed by atoms with Crippen LogP contribution in [0.5, 0.6) is 5.75 Å². The van der Waals surface area contributed by atoms with Crippen LogP contribution in [0.15, 0.2) is 24.4 Å². The second-order valence-electron chi connectivity index (χ2n) is 5.57. The van der Waals surface area contributed by atoms with E-state index in [2.05, 4.69) is 4.98 Å². The van der Waals surface area contributed by atoms with E-state index in [1.165, 1.54) is 4.90 Å². The number of amides is 1. The monoisotopic (exact) mass is 318 g/mol. The van der Waals surface area contributed by atoms with E-state index >= 15 is 0 Å². The van der Waals surface area contributed by atoms with E-state index in [0.29, 0.717) is 6.42 Å². The molecule has 124 valence electrons. The number of hydrogen-bond acceptors (Lipinski definition) is 3. The zero-order chi connectivity index (χ0) is 17.0. The summed E-state index contributed by atoms with van der Waals surface area (Å²) in [5, 5.41) is 9.94. The van der Waals surface area contributed by atoms with E-state index < -0.39 is 5.97 Å². The number of carbonyl (C=O) groups is 2. The molecule has 2 N–H and O–H groups in total. The number of aromatic nitrogens is 1. The van der Waals surface area contributed by atoms with Crippen LogP contribution in [0.25, 0.3) is 10.9 Å². The van der Waals surface area contributed by atoms with Gasteiger partial charge in [0, 0.05) is 23.1 Å². The molecule has 23 heavy (non-hydrogen) atoms. The first-order valence-corrected chi connectivity index (χ1v) is 7.61. The van der Waals surface area contributed by atoms with Crippen LogP contribution >= 0.6 is 0 Å². The summed E-state index contributed by atoms with van der Waals surface area (Å²) >= 11 is 0. The molecule has 0 saturated carbocycles. The quantitative estimate of drug-likeness (QED) is 0.821. The van der Waals surface area contributed by atoms with Gasteiger partial charge in [0.25, 0.3) is 0 Å². The molecule has 1 heterocycles. The van der Waals surface area contributed by atoms with Crippen LogP contribution in [-0.2, 0) is 16.0 Å². The average Bonchev–Trinajstić information content (AvgIpc) is 2.93. The Labute approximate surface area is 135 Å². The lowest BCUT2D eigenvalue weighted by atomic mass is 10.1. The Kier molecular flexibility index (Phi) is 5.26. The Bertz CT molecular complexity index is 708. The first-order chi connectivity index (χ1) is 11.0. The zero-order valence-electron chi connectivity index (χ0n) is 13.6. The lowest BCUT2D eigenvalue weighted by molar-refractivity contribution is -0.145. The van der Waals surface area contributed by atoms with E-state index in [1.54, 1.807) is 13.3 Å². The second-order valence-corrected chi connectivity index (χ2v) is 5.57. The van der Waals surface area contributed by atoms with Crippen molar-refractivity contribution in [3.8, 4) is 5.75 Å². The third kappa shape index (κ3) is 3.83. The Hall–Kier alpha value is -2.50. The van der Waals surface area contributed by atoms with Gasteiger partial charge in [-0.05, 0) is 37.1 Å². The Morgan fingerprint density at radius 1 is 1.39 bits per heavy atom. The number of hydrogen-bond donors (Lipinski definition) is 2. The van der Waals surface area contributed by atoms with Crippen LogP contribution in [-0.4, -0.2) is 46.6 Å². The Morgan fingerprint density at radius 3 is 2.74 bits per heavy atom. The molecular weight excluding hydrogens is 296 g/mol. The van der Waals surface area contributed by atoms with Crippen LogP contribution in [0.1, 0.15) is 25.8 Å². The van der Waals surface area contributed by atoms with Crippen molar-refractivity contribution in [3.63, 3.8) is 0 Å². The van der Waals surface area contributed by atoms with Crippen molar-refractivity contribution < 1.29 is 19.4 Å². The van der Waals surface area contributed by atoms with Gasteiger partial charge in [-0.2, -0.15) is 0 Å². The van der Waals surface area contributed by atoms with E-state index in [0.717, 1.165) is 22.2 Å². The van der Waals surface area contributed by atoms with Gasteiger partial charge in [0.1, 0.15) is 12.3 Å². The molecule has 0 spiro atoms. The van der Waals surface area contributed by atoms with Gasteiger partial charge in [-0.15, -0.1) is 0 Å². The number of carboxylic acids is 1. The summed E-state index contributed by atoms with van der Waals surface area (Å²) in [6.45, 7) is 3.52. The molecule has 0 aliphatic rings. The van der Waals surface area contributed by atoms with Crippen molar-refractivity contribution in [3.05, 3.63) is 30.0 Å². The van der Waals surface area contributed by atoms with Crippen LogP contribution in [0.2, 0.25) is 0 Å². The number of nitrogens with one attached hydrogen (secondary N) is 1. The predicted octanol–water partition coefficient (Wildman–Crippen LogP) is 2.43.